The van der Waals surface area contributed by atoms with Crippen LogP contribution >= 0.6 is 0 Å². The molecule has 0 amide bonds. The highest BCUT2D eigenvalue weighted by Crippen LogP contribution is 2.13. The molecule has 0 fully saturated rings. The summed E-state index contributed by atoms with van der Waals surface area (Å²) in [5.41, 5.74) is 1.80. The van der Waals surface area contributed by atoms with E-state index in [0.29, 0.717) is 5.70 Å². The van der Waals surface area contributed by atoms with E-state index in [1.807, 2.05) is 47.1 Å². The van der Waals surface area contributed by atoms with Crippen LogP contribution in [0.3, 0.4) is 0 Å². The lowest BCUT2D eigenvalue weighted by Crippen LogP contribution is -2.10. The predicted molar refractivity (Wildman–Crippen MR) is 72.6 cm³/mol. The summed E-state index contributed by atoms with van der Waals surface area (Å²) < 4.78 is 6.96. The minimum Gasteiger partial charge on any atom is -0.476 e. The zero-order chi connectivity index (χ0) is 12.8. The fourth-order valence-corrected chi connectivity index (χ4v) is 1.95. The van der Waals surface area contributed by atoms with Crippen molar-refractivity contribution >= 4 is 12.3 Å². The van der Waals surface area contributed by atoms with Crippen LogP contribution in [-0.2, 0) is 4.74 Å². The molecule has 18 heavy (non-hydrogen) atoms. The fraction of sp³-hybridized carbons (Fsp3) is 0.267. The molecule has 0 aliphatic carbocycles. The van der Waals surface area contributed by atoms with Crippen LogP contribution in [0.4, 0.5) is 0 Å². The second kappa shape index (κ2) is 6.05. The van der Waals surface area contributed by atoms with Gasteiger partial charge in [-0.25, -0.2) is 0 Å². The van der Waals surface area contributed by atoms with Crippen molar-refractivity contribution in [1.82, 2.24) is 0 Å². The quantitative estimate of drug-likeness (QED) is 0.502. The zero-order valence-corrected chi connectivity index (χ0v) is 10.5. The number of aliphatic hydroxyl groups is 1. The van der Waals surface area contributed by atoms with Crippen LogP contribution in [0.25, 0.3) is 6.08 Å². The van der Waals surface area contributed by atoms with Gasteiger partial charge in [0.15, 0.2) is 0 Å². The largest absolute Gasteiger partial charge is 0.476 e. The second-order valence-corrected chi connectivity index (χ2v) is 4.16. The first kappa shape index (κ1) is 12.4. The molecule has 1 aliphatic rings. The first-order valence-corrected chi connectivity index (χ1v) is 6.11. The van der Waals surface area contributed by atoms with Crippen molar-refractivity contribution in [2.45, 2.75) is 12.8 Å². The molecule has 1 N–H and O–H groups in total. The molecule has 1 aliphatic heterocycles. The van der Waals surface area contributed by atoms with Gasteiger partial charge in [-0.15, -0.1) is 0 Å². The Morgan fingerprint density at radius 2 is 2.11 bits per heavy atom. The fourth-order valence-electron chi connectivity index (χ4n) is 1.95. The molecular weight excluding hydrogens is 226 g/mol. The SMILES string of the molecule is CO/C(O)=C(\C=C\c1ccccc1)[N+]1=CCCC1. The van der Waals surface area contributed by atoms with Crippen molar-refractivity contribution in [2.24, 2.45) is 0 Å². The van der Waals surface area contributed by atoms with Gasteiger partial charge in [-0.2, -0.15) is 4.58 Å². The van der Waals surface area contributed by atoms with Crippen molar-refractivity contribution in [3.8, 4) is 0 Å². The van der Waals surface area contributed by atoms with Crippen LogP contribution in [0.2, 0.25) is 0 Å². The summed E-state index contributed by atoms with van der Waals surface area (Å²) in [6, 6.07) is 9.99. The van der Waals surface area contributed by atoms with Crippen molar-refractivity contribution in [3.63, 3.8) is 0 Å². The summed E-state index contributed by atoms with van der Waals surface area (Å²) in [6.45, 7) is 0.919. The third kappa shape index (κ3) is 3.00. The summed E-state index contributed by atoms with van der Waals surface area (Å²) in [5, 5.41) is 9.80. The number of hydrogen-bond donors (Lipinski definition) is 1. The number of benzene rings is 1. The van der Waals surface area contributed by atoms with E-state index < -0.39 is 0 Å². The molecule has 94 valence electrons. The zero-order valence-electron chi connectivity index (χ0n) is 10.5. The molecule has 0 saturated carbocycles. The van der Waals surface area contributed by atoms with Crippen LogP contribution in [0.15, 0.2) is 48.1 Å². The van der Waals surface area contributed by atoms with E-state index in [0.717, 1.165) is 24.9 Å². The number of nitrogens with zero attached hydrogens (tertiary/aromatic N) is 1. The maximum atomic E-state index is 9.80. The first-order valence-electron chi connectivity index (χ1n) is 6.11. The molecule has 0 aromatic heterocycles. The van der Waals surface area contributed by atoms with Gasteiger partial charge in [-0.05, 0) is 11.6 Å². The van der Waals surface area contributed by atoms with Gasteiger partial charge in [-0.3, -0.25) is 0 Å². The summed E-state index contributed by atoms with van der Waals surface area (Å²) in [7, 11) is 1.47. The Morgan fingerprint density at radius 3 is 2.72 bits per heavy atom. The first-order chi connectivity index (χ1) is 8.81. The number of methoxy groups -OCH3 is 1. The van der Waals surface area contributed by atoms with E-state index in [1.54, 1.807) is 0 Å². The van der Waals surface area contributed by atoms with E-state index in [1.165, 1.54) is 7.11 Å². The van der Waals surface area contributed by atoms with Gasteiger partial charge in [0.1, 0.15) is 12.8 Å². The van der Waals surface area contributed by atoms with Crippen molar-refractivity contribution in [1.29, 1.82) is 0 Å². The lowest BCUT2D eigenvalue weighted by molar-refractivity contribution is -0.463. The Kier molecular flexibility index (Phi) is 4.18. The smallest absolute Gasteiger partial charge is 0.351 e. The van der Waals surface area contributed by atoms with Gasteiger partial charge in [-0.1, -0.05) is 30.3 Å². The molecular formula is C15H18NO2+. The minimum absolute atomic E-state index is 0.0414. The van der Waals surface area contributed by atoms with Gasteiger partial charge in [0, 0.05) is 18.9 Å². The van der Waals surface area contributed by atoms with Crippen LogP contribution in [0.5, 0.6) is 0 Å². The van der Waals surface area contributed by atoms with Gasteiger partial charge in [0.25, 0.3) is 5.70 Å². The average molecular weight is 244 g/mol. The number of ether oxygens (including phenoxy) is 1. The minimum atomic E-state index is -0.0414. The highest BCUT2D eigenvalue weighted by Gasteiger charge is 2.20. The highest BCUT2D eigenvalue weighted by atomic mass is 16.6. The van der Waals surface area contributed by atoms with Crippen LogP contribution < -0.4 is 0 Å². The Hall–Kier alpha value is -2.03. The molecule has 0 saturated heterocycles. The van der Waals surface area contributed by atoms with E-state index in [9.17, 15) is 5.11 Å². The molecule has 3 heteroatoms. The van der Waals surface area contributed by atoms with Crippen LogP contribution in [-0.4, -0.2) is 29.6 Å². The third-order valence-corrected chi connectivity index (χ3v) is 2.91. The third-order valence-electron chi connectivity index (χ3n) is 2.91. The Morgan fingerprint density at radius 1 is 1.33 bits per heavy atom. The predicted octanol–water partition coefficient (Wildman–Crippen LogP) is 2.95. The summed E-state index contributed by atoms with van der Waals surface area (Å²) >= 11 is 0. The normalized spacial score (nSPS) is 16.6. The standard InChI is InChI=1S/C15H17NO2/c1-18-15(17)14(16-11-5-6-12-16)10-9-13-7-3-2-4-8-13/h2-4,7-11H,5-6,12H2,1H3/p+1/b10-9+,15-14+. The van der Waals surface area contributed by atoms with Crippen LogP contribution in [0.1, 0.15) is 18.4 Å². The van der Waals surface area contributed by atoms with Crippen molar-refractivity contribution in [2.75, 3.05) is 13.7 Å². The van der Waals surface area contributed by atoms with Gasteiger partial charge >= 0.3 is 5.95 Å². The van der Waals surface area contributed by atoms with Crippen molar-refractivity contribution < 1.29 is 14.4 Å². The number of aliphatic hydroxyl groups excluding tert-OH is 1. The van der Waals surface area contributed by atoms with Crippen molar-refractivity contribution in [3.05, 3.63) is 53.6 Å². The van der Waals surface area contributed by atoms with E-state index in [4.69, 9.17) is 4.74 Å². The molecule has 0 bridgehead atoms. The molecule has 2 rings (SSSR count). The van der Waals surface area contributed by atoms with Gasteiger partial charge in [0.2, 0.25) is 0 Å². The molecule has 0 spiro atoms. The van der Waals surface area contributed by atoms with E-state index in [2.05, 4.69) is 6.21 Å². The maximum absolute atomic E-state index is 9.80. The van der Waals surface area contributed by atoms with E-state index >= 15 is 0 Å². The number of hydrogen-bond acceptors (Lipinski definition) is 2. The molecule has 3 nitrogen and oxygen atoms in total. The average Bonchev–Trinajstić information content (AvgIpc) is 2.94. The topological polar surface area (TPSA) is 32.5 Å². The Bertz CT molecular complexity index is 486. The van der Waals surface area contributed by atoms with Gasteiger partial charge in [0.05, 0.1) is 7.11 Å². The molecule has 1 aromatic rings. The molecule has 1 heterocycles. The Balaban J connectivity index is 2.24. The van der Waals surface area contributed by atoms with Gasteiger partial charge < -0.3 is 9.84 Å². The highest BCUT2D eigenvalue weighted by molar-refractivity contribution is 5.56. The molecule has 0 radical (unpaired) electrons. The lowest BCUT2D eigenvalue weighted by atomic mass is 10.2. The van der Waals surface area contributed by atoms with E-state index in [-0.39, 0.29) is 5.95 Å². The Labute approximate surface area is 107 Å². The summed E-state index contributed by atoms with van der Waals surface area (Å²) in [6.07, 6.45) is 8.09. The lowest BCUT2D eigenvalue weighted by Gasteiger charge is -2.01. The maximum Gasteiger partial charge on any atom is 0.351 e. The molecule has 0 atom stereocenters. The summed E-state index contributed by atoms with van der Waals surface area (Å²) in [5.74, 6) is -0.0414. The molecule has 0 unspecified atom stereocenters. The monoisotopic (exact) mass is 244 g/mol. The second-order valence-electron chi connectivity index (χ2n) is 4.16. The number of allylic oxidation sites excluding steroid dienone is 1. The molecule has 1 aromatic carbocycles. The number of rotatable bonds is 4. The summed E-state index contributed by atoms with van der Waals surface area (Å²) in [4.78, 5) is 0. The van der Waals surface area contributed by atoms with Crippen LogP contribution in [0, 0.1) is 0 Å².